The molecule has 1 aliphatic heterocycles. The molecule has 1 aliphatic rings. The largest absolute Gasteiger partial charge is 0.435 e. The van der Waals surface area contributed by atoms with Crippen LogP contribution in [-0.2, 0) is 12.0 Å². The maximum atomic E-state index is 15.9. The molecule has 2 aromatic heterocycles. The number of aliphatic hydroxyl groups is 2. The summed E-state index contributed by atoms with van der Waals surface area (Å²) in [5.74, 6) is 0.0138. The van der Waals surface area contributed by atoms with E-state index in [-0.39, 0.29) is 35.5 Å². The molecule has 35 heavy (non-hydrogen) atoms. The van der Waals surface area contributed by atoms with Crippen LogP contribution in [0, 0.1) is 5.82 Å². The summed E-state index contributed by atoms with van der Waals surface area (Å²) in [4.78, 5) is 12.8. The van der Waals surface area contributed by atoms with E-state index in [1.54, 1.807) is 48.7 Å². The molecule has 0 aliphatic carbocycles. The number of aliphatic hydroxyl groups excluding tert-OH is 1. The van der Waals surface area contributed by atoms with E-state index in [9.17, 15) is 19.0 Å². The lowest BCUT2D eigenvalue weighted by molar-refractivity contribution is -0.0505. The van der Waals surface area contributed by atoms with Gasteiger partial charge >= 0.3 is 6.61 Å². The fourth-order valence-corrected chi connectivity index (χ4v) is 4.56. The summed E-state index contributed by atoms with van der Waals surface area (Å²) < 4.78 is 47.9. The highest BCUT2D eigenvalue weighted by molar-refractivity contribution is 5.84. The van der Waals surface area contributed by atoms with Crippen molar-refractivity contribution >= 4 is 11.0 Å². The third-order valence-electron chi connectivity index (χ3n) is 6.13. The molecule has 7 nitrogen and oxygen atoms in total. The van der Waals surface area contributed by atoms with E-state index in [4.69, 9.17) is 0 Å². The molecule has 182 valence electrons. The number of fused-ring (bicyclic) bond motifs is 3. The molecule has 0 amide bonds. The van der Waals surface area contributed by atoms with Crippen molar-refractivity contribution < 1.29 is 28.1 Å². The molecule has 0 saturated heterocycles. The normalized spacial score (nSPS) is 17.8. The number of aromatic nitrogens is 4. The predicted molar refractivity (Wildman–Crippen MR) is 121 cm³/mol. The van der Waals surface area contributed by atoms with Crippen LogP contribution in [0.15, 0.2) is 48.8 Å². The molecule has 5 rings (SSSR count). The van der Waals surface area contributed by atoms with E-state index < -0.39 is 30.2 Å². The summed E-state index contributed by atoms with van der Waals surface area (Å²) in [5.41, 5.74) is 0.518. The number of rotatable bonds is 6. The van der Waals surface area contributed by atoms with Gasteiger partial charge in [-0.25, -0.2) is 19.3 Å². The van der Waals surface area contributed by atoms with Gasteiger partial charge in [-0.2, -0.15) is 8.78 Å². The first-order chi connectivity index (χ1) is 16.6. The molecule has 4 aromatic rings. The minimum absolute atomic E-state index is 0.0417. The molecule has 0 radical (unpaired) electrons. The average molecular weight is 484 g/mol. The average Bonchev–Trinajstić information content (AvgIpc) is 3.33. The highest BCUT2D eigenvalue weighted by Crippen LogP contribution is 2.42. The third kappa shape index (κ3) is 4.23. The minimum Gasteiger partial charge on any atom is -0.435 e. The number of para-hydroxylation sites is 1. The summed E-state index contributed by atoms with van der Waals surface area (Å²) in [6.45, 7) is 0.139. The van der Waals surface area contributed by atoms with Crippen LogP contribution >= 0.6 is 0 Å². The van der Waals surface area contributed by atoms with Crippen LogP contribution in [0.1, 0.15) is 49.6 Å². The summed E-state index contributed by atoms with van der Waals surface area (Å²) in [6, 6.07) is 9.23. The van der Waals surface area contributed by atoms with Gasteiger partial charge in [0.2, 0.25) is 0 Å². The number of ether oxygens (including phenoxy) is 1. The number of nitrogens with zero attached hydrogens (tertiary/aromatic N) is 4. The van der Waals surface area contributed by atoms with E-state index in [1.807, 2.05) is 0 Å². The molecule has 10 heteroatoms. The van der Waals surface area contributed by atoms with Crippen molar-refractivity contribution in [3.8, 4) is 16.9 Å². The molecule has 2 atom stereocenters. The second-order valence-electron chi connectivity index (χ2n) is 9.08. The quantitative estimate of drug-likeness (QED) is 0.413. The van der Waals surface area contributed by atoms with Gasteiger partial charge in [-0.3, -0.25) is 0 Å². The van der Waals surface area contributed by atoms with Crippen molar-refractivity contribution in [3.63, 3.8) is 0 Å². The van der Waals surface area contributed by atoms with Gasteiger partial charge in [-0.05, 0) is 44.0 Å². The maximum Gasteiger partial charge on any atom is 0.387 e. The Morgan fingerprint density at radius 1 is 1.14 bits per heavy atom. The van der Waals surface area contributed by atoms with Gasteiger partial charge in [0.15, 0.2) is 11.6 Å². The van der Waals surface area contributed by atoms with Gasteiger partial charge in [0.1, 0.15) is 28.8 Å². The van der Waals surface area contributed by atoms with Crippen LogP contribution in [0.3, 0.4) is 0 Å². The Morgan fingerprint density at radius 3 is 2.54 bits per heavy atom. The first-order valence-electron chi connectivity index (χ1n) is 11.1. The SMILES string of the molecule is CC(C)(O)c1ncc(-c2ccc3nc4n(c3c2F)C(Cc2ccccc2OC(F)F)CC4O)cn1. The van der Waals surface area contributed by atoms with Crippen molar-refractivity contribution in [2.24, 2.45) is 0 Å². The molecular formula is C25H23F3N4O3. The predicted octanol–water partition coefficient (Wildman–Crippen LogP) is 4.68. The van der Waals surface area contributed by atoms with Gasteiger partial charge in [-0.1, -0.05) is 18.2 Å². The van der Waals surface area contributed by atoms with Crippen LogP contribution in [0.25, 0.3) is 22.2 Å². The number of hydrogen-bond acceptors (Lipinski definition) is 6. The third-order valence-corrected chi connectivity index (χ3v) is 6.13. The molecule has 2 aromatic carbocycles. The first kappa shape index (κ1) is 23.3. The Kier molecular flexibility index (Phi) is 5.72. The molecule has 2 N–H and O–H groups in total. The van der Waals surface area contributed by atoms with E-state index in [0.717, 1.165) is 0 Å². The highest BCUT2D eigenvalue weighted by atomic mass is 19.3. The Morgan fingerprint density at radius 2 is 1.86 bits per heavy atom. The molecule has 0 fully saturated rings. The highest BCUT2D eigenvalue weighted by Gasteiger charge is 2.35. The van der Waals surface area contributed by atoms with Gasteiger partial charge < -0.3 is 19.5 Å². The van der Waals surface area contributed by atoms with Gasteiger partial charge in [0.25, 0.3) is 0 Å². The fraction of sp³-hybridized carbons (Fsp3) is 0.320. The first-order valence-corrected chi connectivity index (χ1v) is 11.1. The Bertz CT molecular complexity index is 1380. The lowest BCUT2D eigenvalue weighted by atomic mass is 10.0. The molecule has 3 heterocycles. The zero-order chi connectivity index (χ0) is 24.9. The summed E-state index contributed by atoms with van der Waals surface area (Å²) in [7, 11) is 0. The van der Waals surface area contributed by atoms with Crippen molar-refractivity contribution in [1.82, 2.24) is 19.5 Å². The van der Waals surface area contributed by atoms with Crippen LogP contribution in [-0.4, -0.2) is 36.3 Å². The zero-order valence-corrected chi connectivity index (χ0v) is 19.0. The molecule has 2 unspecified atom stereocenters. The van der Waals surface area contributed by atoms with Crippen molar-refractivity contribution in [1.29, 1.82) is 0 Å². The van der Waals surface area contributed by atoms with Gasteiger partial charge in [0.05, 0.1) is 5.52 Å². The standard InChI is InChI=1S/C25H23F3N4O3/c1-25(2,34)23-29-11-14(12-30-23)16-7-8-17-21(20(16)26)32-15(10-18(33)22(32)31-17)9-13-5-3-4-6-19(13)35-24(27)28/h3-8,11-12,15,18,24,33-34H,9-10H2,1-2H3. The number of imidazole rings is 1. The van der Waals surface area contributed by atoms with Crippen molar-refractivity contribution in [3.05, 3.63) is 71.8 Å². The number of benzene rings is 2. The van der Waals surface area contributed by atoms with Crippen LogP contribution in [0.2, 0.25) is 0 Å². The number of alkyl halides is 2. The lowest BCUT2D eigenvalue weighted by Crippen LogP contribution is -2.19. The number of halogens is 3. The van der Waals surface area contributed by atoms with Crippen LogP contribution in [0.5, 0.6) is 5.75 Å². The second kappa shape index (κ2) is 8.62. The van der Waals surface area contributed by atoms with E-state index in [1.165, 1.54) is 18.5 Å². The minimum atomic E-state index is -2.97. The lowest BCUT2D eigenvalue weighted by Gasteiger charge is -2.18. The Balaban J connectivity index is 1.57. The summed E-state index contributed by atoms with van der Waals surface area (Å²) in [5, 5.41) is 20.7. The second-order valence-corrected chi connectivity index (χ2v) is 9.08. The Hall–Kier alpha value is -3.50. The van der Waals surface area contributed by atoms with Crippen molar-refractivity contribution in [2.45, 2.75) is 51.0 Å². The number of hydrogen-bond donors (Lipinski definition) is 2. The molecule has 0 bridgehead atoms. The van der Waals surface area contributed by atoms with Crippen molar-refractivity contribution in [2.75, 3.05) is 0 Å². The molecule has 0 saturated carbocycles. The summed E-state index contributed by atoms with van der Waals surface area (Å²) >= 11 is 0. The molecular weight excluding hydrogens is 461 g/mol. The summed E-state index contributed by atoms with van der Waals surface area (Å²) in [6.07, 6.45) is 2.46. The van der Waals surface area contributed by atoms with Gasteiger partial charge in [-0.15, -0.1) is 0 Å². The maximum absolute atomic E-state index is 15.9. The monoisotopic (exact) mass is 484 g/mol. The zero-order valence-electron chi connectivity index (χ0n) is 19.0. The topological polar surface area (TPSA) is 93.3 Å². The van der Waals surface area contributed by atoms with E-state index in [2.05, 4.69) is 19.7 Å². The fourth-order valence-electron chi connectivity index (χ4n) is 4.56. The van der Waals surface area contributed by atoms with E-state index >= 15 is 4.39 Å². The molecule has 0 spiro atoms. The van der Waals surface area contributed by atoms with E-state index in [0.29, 0.717) is 22.5 Å². The van der Waals surface area contributed by atoms with Crippen LogP contribution in [0.4, 0.5) is 13.2 Å². The Labute approximate surface area is 198 Å². The van der Waals surface area contributed by atoms with Crippen LogP contribution < -0.4 is 4.74 Å². The smallest absolute Gasteiger partial charge is 0.387 e. The van der Waals surface area contributed by atoms with Gasteiger partial charge in [0, 0.05) is 36.0 Å².